The highest BCUT2D eigenvalue weighted by atomic mass is 79.9. The van der Waals surface area contributed by atoms with Gasteiger partial charge in [0.2, 0.25) is 0 Å². The van der Waals surface area contributed by atoms with Crippen LogP contribution in [-0.4, -0.2) is 24.0 Å². The third kappa shape index (κ3) is 4.53. The van der Waals surface area contributed by atoms with E-state index in [1.807, 2.05) is 12.3 Å². The summed E-state index contributed by atoms with van der Waals surface area (Å²) in [7, 11) is 0. The van der Waals surface area contributed by atoms with Crippen molar-refractivity contribution in [3.8, 4) is 0 Å². The van der Waals surface area contributed by atoms with Gasteiger partial charge in [-0.15, -0.1) is 0 Å². The summed E-state index contributed by atoms with van der Waals surface area (Å²) in [5.41, 5.74) is 0.514. The average molecular weight is 337 g/mol. The third-order valence-electron chi connectivity index (χ3n) is 2.37. The molecule has 0 aliphatic rings. The van der Waals surface area contributed by atoms with Crippen LogP contribution in [0.1, 0.15) is 23.7 Å². The fourth-order valence-electron chi connectivity index (χ4n) is 1.40. The van der Waals surface area contributed by atoms with E-state index in [-0.39, 0.29) is 11.9 Å². The lowest BCUT2D eigenvalue weighted by Gasteiger charge is -2.16. The van der Waals surface area contributed by atoms with E-state index in [2.05, 4.69) is 28.2 Å². The van der Waals surface area contributed by atoms with Gasteiger partial charge in [0.05, 0.1) is 10.6 Å². The smallest absolute Gasteiger partial charge is 0.253 e. The number of nitrogens with one attached hydrogen (secondary N) is 1. The van der Waals surface area contributed by atoms with Gasteiger partial charge >= 0.3 is 0 Å². The van der Waals surface area contributed by atoms with Crippen LogP contribution in [0.4, 0.5) is 0 Å². The molecule has 0 heterocycles. The fraction of sp³-hybridized carbons (Fsp3) is 0.417. The Kier molecular flexibility index (Phi) is 6.38. The van der Waals surface area contributed by atoms with E-state index in [0.717, 1.165) is 16.6 Å². The Bertz CT molecular complexity index is 400. The number of amides is 1. The number of benzene rings is 1. The summed E-state index contributed by atoms with van der Waals surface area (Å²) in [6.45, 7) is 2.06. The van der Waals surface area contributed by atoms with Crippen molar-refractivity contribution in [3.63, 3.8) is 0 Å². The highest BCUT2D eigenvalue weighted by Crippen LogP contribution is 2.21. The second kappa shape index (κ2) is 7.29. The molecule has 1 unspecified atom stereocenters. The molecule has 0 radical (unpaired) electrons. The number of carbonyl (C=O) groups excluding carboxylic acids is 1. The zero-order valence-corrected chi connectivity index (χ0v) is 13.0. The van der Waals surface area contributed by atoms with Crippen LogP contribution in [0.3, 0.4) is 0 Å². The van der Waals surface area contributed by atoms with E-state index in [9.17, 15) is 4.79 Å². The highest BCUT2D eigenvalue weighted by molar-refractivity contribution is 9.10. The molecule has 1 aromatic carbocycles. The molecule has 0 aliphatic heterocycles. The van der Waals surface area contributed by atoms with Gasteiger partial charge in [-0.25, -0.2) is 0 Å². The number of hydrogen-bond acceptors (Lipinski definition) is 2. The summed E-state index contributed by atoms with van der Waals surface area (Å²) in [4.78, 5) is 12.0. The summed E-state index contributed by atoms with van der Waals surface area (Å²) < 4.78 is 0.852. The molecule has 2 nitrogen and oxygen atoms in total. The number of thioether (sulfide) groups is 1. The molecule has 0 aliphatic carbocycles. The normalized spacial score (nSPS) is 12.2. The summed E-state index contributed by atoms with van der Waals surface area (Å²) in [6, 6.07) is 5.46. The van der Waals surface area contributed by atoms with Gasteiger partial charge in [-0.2, -0.15) is 11.8 Å². The largest absolute Gasteiger partial charge is 0.348 e. The lowest BCUT2D eigenvalue weighted by atomic mass is 10.2. The second-order valence-electron chi connectivity index (χ2n) is 3.66. The van der Waals surface area contributed by atoms with Crippen molar-refractivity contribution < 1.29 is 4.79 Å². The SMILES string of the molecule is CCC(CSC)NC(=O)c1cc(Br)ccc1Cl. The standard InChI is InChI=1S/C12H15BrClNOS/c1-3-9(7-17-2)15-12(16)10-6-8(13)4-5-11(10)14/h4-6,9H,3,7H2,1-2H3,(H,15,16). The predicted molar refractivity (Wildman–Crippen MR) is 79.1 cm³/mol. The Labute approximate surface area is 120 Å². The van der Waals surface area contributed by atoms with Gasteiger partial charge in [-0.3, -0.25) is 4.79 Å². The molecule has 94 valence electrons. The van der Waals surface area contributed by atoms with Gasteiger partial charge in [0, 0.05) is 16.3 Å². The van der Waals surface area contributed by atoms with Crippen molar-refractivity contribution in [3.05, 3.63) is 33.3 Å². The fourth-order valence-corrected chi connectivity index (χ4v) is 2.68. The minimum atomic E-state index is -0.114. The Morgan fingerprint density at radius 1 is 1.59 bits per heavy atom. The van der Waals surface area contributed by atoms with Gasteiger partial charge in [0.1, 0.15) is 0 Å². The molecule has 1 rings (SSSR count). The second-order valence-corrected chi connectivity index (χ2v) is 5.89. The van der Waals surface area contributed by atoms with Crippen molar-refractivity contribution in [1.29, 1.82) is 0 Å². The first kappa shape index (κ1) is 14.9. The average Bonchev–Trinajstić information content (AvgIpc) is 2.31. The van der Waals surface area contributed by atoms with Crippen molar-refractivity contribution in [2.24, 2.45) is 0 Å². The van der Waals surface area contributed by atoms with Crippen molar-refractivity contribution in [2.75, 3.05) is 12.0 Å². The first-order chi connectivity index (χ1) is 8.08. The molecule has 0 bridgehead atoms. The molecule has 17 heavy (non-hydrogen) atoms. The molecule has 1 aromatic rings. The first-order valence-electron chi connectivity index (χ1n) is 5.33. The van der Waals surface area contributed by atoms with Crippen LogP contribution in [0.15, 0.2) is 22.7 Å². The van der Waals surface area contributed by atoms with Gasteiger partial charge in [0.15, 0.2) is 0 Å². The van der Waals surface area contributed by atoms with Crippen LogP contribution < -0.4 is 5.32 Å². The van der Waals surface area contributed by atoms with Crippen LogP contribution in [0, 0.1) is 0 Å². The van der Waals surface area contributed by atoms with Crippen LogP contribution in [0.2, 0.25) is 5.02 Å². The molecule has 1 atom stereocenters. The molecular formula is C12H15BrClNOS. The number of carbonyl (C=O) groups is 1. The summed E-state index contributed by atoms with van der Waals surface area (Å²) >= 11 is 11.1. The molecule has 1 amide bonds. The molecular weight excluding hydrogens is 322 g/mol. The van der Waals surface area contributed by atoms with Crippen LogP contribution in [-0.2, 0) is 0 Å². The Hall–Kier alpha value is -0.190. The predicted octanol–water partition coefficient (Wildman–Crippen LogP) is 3.97. The van der Waals surface area contributed by atoms with Crippen LogP contribution in [0.5, 0.6) is 0 Å². The molecule has 0 aromatic heterocycles. The molecule has 0 spiro atoms. The number of rotatable bonds is 5. The maximum absolute atomic E-state index is 12.0. The molecule has 0 saturated carbocycles. The zero-order valence-electron chi connectivity index (χ0n) is 9.80. The van der Waals surface area contributed by atoms with E-state index in [0.29, 0.717) is 10.6 Å². The van der Waals surface area contributed by atoms with Gasteiger partial charge in [-0.05, 0) is 30.9 Å². The molecule has 1 N–H and O–H groups in total. The van der Waals surface area contributed by atoms with Crippen LogP contribution >= 0.6 is 39.3 Å². The number of hydrogen-bond donors (Lipinski definition) is 1. The Morgan fingerprint density at radius 2 is 2.29 bits per heavy atom. The molecule has 0 fully saturated rings. The van der Waals surface area contributed by atoms with E-state index in [1.54, 1.807) is 23.9 Å². The van der Waals surface area contributed by atoms with Crippen molar-refractivity contribution >= 4 is 45.2 Å². The lowest BCUT2D eigenvalue weighted by molar-refractivity contribution is 0.0940. The summed E-state index contributed by atoms with van der Waals surface area (Å²) in [5.74, 6) is 0.797. The van der Waals surface area contributed by atoms with Gasteiger partial charge in [-0.1, -0.05) is 34.5 Å². The zero-order chi connectivity index (χ0) is 12.8. The minimum Gasteiger partial charge on any atom is -0.348 e. The molecule has 5 heteroatoms. The third-order valence-corrected chi connectivity index (χ3v) is 3.93. The van der Waals surface area contributed by atoms with Crippen LogP contribution in [0.25, 0.3) is 0 Å². The van der Waals surface area contributed by atoms with Gasteiger partial charge in [0.25, 0.3) is 5.91 Å². The monoisotopic (exact) mass is 335 g/mol. The van der Waals surface area contributed by atoms with E-state index in [4.69, 9.17) is 11.6 Å². The molecule has 0 saturated heterocycles. The maximum atomic E-state index is 12.0. The Balaban J connectivity index is 2.78. The highest BCUT2D eigenvalue weighted by Gasteiger charge is 2.14. The summed E-state index contributed by atoms with van der Waals surface area (Å²) in [5, 5.41) is 3.46. The van der Waals surface area contributed by atoms with Gasteiger partial charge < -0.3 is 5.32 Å². The topological polar surface area (TPSA) is 29.1 Å². The maximum Gasteiger partial charge on any atom is 0.253 e. The van der Waals surface area contributed by atoms with E-state index < -0.39 is 0 Å². The lowest BCUT2D eigenvalue weighted by Crippen LogP contribution is -2.36. The summed E-state index contributed by atoms with van der Waals surface area (Å²) in [6.07, 6.45) is 2.94. The minimum absolute atomic E-state index is 0.114. The van der Waals surface area contributed by atoms with E-state index in [1.165, 1.54) is 0 Å². The quantitative estimate of drug-likeness (QED) is 0.881. The Morgan fingerprint density at radius 3 is 2.88 bits per heavy atom. The first-order valence-corrected chi connectivity index (χ1v) is 7.89. The van der Waals surface area contributed by atoms with Crippen molar-refractivity contribution in [1.82, 2.24) is 5.32 Å². The van der Waals surface area contributed by atoms with E-state index >= 15 is 0 Å². The van der Waals surface area contributed by atoms with Crippen molar-refractivity contribution in [2.45, 2.75) is 19.4 Å². The number of halogens is 2.